The van der Waals surface area contributed by atoms with Gasteiger partial charge in [0.2, 0.25) is 0 Å². The summed E-state index contributed by atoms with van der Waals surface area (Å²) < 4.78 is 23.7. The number of anilines is 2. The first kappa shape index (κ1) is 12.6. The van der Waals surface area contributed by atoms with Crippen LogP contribution < -0.4 is 11.1 Å². The second kappa shape index (κ2) is 4.13. The third-order valence-electron chi connectivity index (χ3n) is 2.81. The number of halogens is 1. The van der Waals surface area contributed by atoms with Crippen LogP contribution in [0.25, 0.3) is 0 Å². The van der Waals surface area contributed by atoms with Crippen LogP contribution >= 0.6 is 15.9 Å². The lowest BCUT2D eigenvalue weighted by atomic mass is 10.0. The normalized spacial score (nSPS) is 26.9. The highest BCUT2D eigenvalue weighted by molar-refractivity contribution is 9.10. The van der Waals surface area contributed by atoms with Crippen molar-refractivity contribution >= 4 is 37.3 Å². The fraction of sp³-hybridized carbons (Fsp3) is 0.500. The van der Waals surface area contributed by atoms with Gasteiger partial charge in [-0.05, 0) is 35.3 Å². The van der Waals surface area contributed by atoms with E-state index < -0.39 is 15.4 Å². The number of sulfone groups is 1. The summed E-state index contributed by atoms with van der Waals surface area (Å²) >= 11 is 3.27. The number of nitrogen functional groups attached to an aromatic ring is 1. The molecule has 1 aromatic rings. The van der Waals surface area contributed by atoms with Crippen molar-refractivity contribution in [1.29, 1.82) is 0 Å². The van der Waals surface area contributed by atoms with Gasteiger partial charge < -0.3 is 11.1 Å². The van der Waals surface area contributed by atoms with Crippen LogP contribution in [0.2, 0.25) is 0 Å². The Hall–Kier alpha value is -0.820. The van der Waals surface area contributed by atoms with Gasteiger partial charge in [-0.1, -0.05) is 0 Å². The average molecular weight is 320 g/mol. The molecule has 3 N–H and O–H groups in total. The summed E-state index contributed by atoms with van der Waals surface area (Å²) in [6, 6.07) is 1.74. The van der Waals surface area contributed by atoms with Crippen LogP contribution in [0.1, 0.15) is 13.3 Å². The average Bonchev–Trinajstić information content (AvgIpc) is 2.46. The van der Waals surface area contributed by atoms with Crippen molar-refractivity contribution in [3.63, 3.8) is 0 Å². The molecule has 1 unspecified atom stereocenters. The van der Waals surface area contributed by atoms with Crippen LogP contribution in [0, 0.1) is 0 Å². The summed E-state index contributed by atoms with van der Waals surface area (Å²) in [5.74, 6) is 0.872. The minimum atomic E-state index is -2.94. The van der Waals surface area contributed by atoms with Crippen molar-refractivity contribution < 1.29 is 8.42 Å². The molecule has 0 bridgehead atoms. The molecule has 0 saturated carbocycles. The third-order valence-corrected chi connectivity index (χ3v) is 5.14. The fourth-order valence-corrected chi connectivity index (χ4v) is 4.40. The van der Waals surface area contributed by atoms with Crippen molar-refractivity contribution in [3.05, 3.63) is 16.7 Å². The van der Waals surface area contributed by atoms with E-state index in [1.807, 2.05) is 6.92 Å². The Morgan fingerprint density at radius 3 is 2.82 bits per heavy atom. The number of rotatable bonds is 2. The van der Waals surface area contributed by atoms with Crippen molar-refractivity contribution in [2.45, 2.75) is 18.9 Å². The lowest BCUT2D eigenvalue weighted by Gasteiger charge is -2.25. The van der Waals surface area contributed by atoms with E-state index in [0.717, 1.165) is 4.47 Å². The molecule has 5 nitrogen and oxygen atoms in total. The highest BCUT2D eigenvalue weighted by atomic mass is 79.9. The Labute approximate surface area is 109 Å². The summed E-state index contributed by atoms with van der Waals surface area (Å²) in [5.41, 5.74) is 5.85. The van der Waals surface area contributed by atoms with Gasteiger partial charge in [-0.15, -0.1) is 0 Å². The van der Waals surface area contributed by atoms with E-state index in [1.54, 1.807) is 12.3 Å². The molecule has 0 spiro atoms. The smallest absolute Gasteiger partial charge is 0.152 e. The number of hydrogen-bond donors (Lipinski definition) is 2. The van der Waals surface area contributed by atoms with Crippen LogP contribution in [0.15, 0.2) is 16.7 Å². The van der Waals surface area contributed by atoms with Gasteiger partial charge in [0.15, 0.2) is 9.84 Å². The summed E-state index contributed by atoms with van der Waals surface area (Å²) in [6.07, 6.45) is 2.21. The molecule has 1 aromatic heterocycles. The maximum absolute atomic E-state index is 11.5. The van der Waals surface area contributed by atoms with E-state index in [9.17, 15) is 8.42 Å². The Bertz CT molecular complexity index is 546. The summed E-state index contributed by atoms with van der Waals surface area (Å²) in [6.45, 7) is 1.88. The quantitative estimate of drug-likeness (QED) is 0.861. The summed E-state index contributed by atoms with van der Waals surface area (Å²) in [5, 5.41) is 3.13. The number of nitrogens with one attached hydrogen (secondary N) is 1. The first-order chi connectivity index (χ1) is 7.80. The lowest BCUT2D eigenvalue weighted by molar-refractivity contribution is 0.572. The van der Waals surface area contributed by atoms with Gasteiger partial charge in [-0.3, -0.25) is 0 Å². The number of pyridine rings is 1. The Kier molecular flexibility index (Phi) is 3.07. The zero-order chi connectivity index (χ0) is 12.7. The highest BCUT2D eigenvalue weighted by Crippen LogP contribution is 2.29. The van der Waals surface area contributed by atoms with E-state index in [4.69, 9.17) is 5.73 Å². The molecule has 94 valence electrons. The van der Waals surface area contributed by atoms with Crippen LogP contribution in [-0.2, 0) is 9.84 Å². The maximum Gasteiger partial charge on any atom is 0.152 e. The number of aromatic nitrogens is 1. The second-order valence-corrected chi connectivity index (χ2v) is 7.72. The molecule has 7 heteroatoms. The van der Waals surface area contributed by atoms with Gasteiger partial charge in [0.1, 0.15) is 5.82 Å². The number of hydrogen-bond acceptors (Lipinski definition) is 5. The van der Waals surface area contributed by atoms with Gasteiger partial charge in [-0.2, -0.15) is 0 Å². The molecule has 17 heavy (non-hydrogen) atoms. The van der Waals surface area contributed by atoms with Crippen LogP contribution in [0.5, 0.6) is 0 Å². The molecule has 2 heterocycles. The van der Waals surface area contributed by atoms with Crippen molar-refractivity contribution in [1.82, 2.24) is 4.98 Å². The van der Waals surface area contributed by atoms with E-state index in [0.29, 0.717) is 17.9 Å². The van der Waals surface area contributed by atoms with Gasteiger partial charge in [0, 0.05) is 10.7 Å². The Morgan fingerprint density at radius 2 is 2.29 bits per heavy atom. The molecule has 1 aliphatic rings. The van der Waals surface area contributed by atoms with Crippen LogP contribution in [-0.4, -0.2) is 30.4 Å². The molecular weight excluding hydrogens is 306 g/mol. The molecule has 0 radical (unpaired) electrons. The monoisotopic (exact) mass is 319 g/mol. The Balaban J connectivity index is 2.22. The van der Waals surface area contributed by atoms with Crippen molar-refractivity contribution in [2.24, 2.45) is 0 Å². The molecule has 0 amide bonds. The first-order valence-electron chi connectivity index (χ1n) is 5.19. The van der Waals surface area contributed by atoms with Gasteiger partial charge in [0.25, 0.3) is 0 Å². The van der Waals surface area contributed by atoms with E-state index in [-0.39, 0.29) is 11.5 Å². The molecular formula is C10H14BrN3O2S. The third kappa shape index (κ3) is 2.90. The molecule has 2 rings (SSSR count). The number of nitrogens with zero attached hydrogens (tertiary/aromatic N) is 1. The molecule has 0 aromatic carbocycles. The number of nitrogens with two attached hydrogens (primary N) is 1. The lowest BCUT2D eigenvalue weighted by Crippen LogP contribution is -2.36. The van der Waals surface area contributed by atoms with Gasteiger partial charge >= 0.3 is 0 Å². The highest BCUT2D eigenvalue weighted by Gasteiger charge is 2.38. The zero-order valence-corrected chi connectivity index (χ0v) is 11.8. The topological polar surface area (TPSA) is 85.1 Å². The second-order valence-electron chi connectivity index (χ2n) is 4.62. The van der Waals surface area contributed by atoms with E-state index in [1.165, 1.54) is 0 Å². The summed E-state index contributed by atoms with van der Waals surface area (Å²) in [7, 11) is -2.94. The zero-order valence-electron chi connectivity index (χ0n) is 9.40. The minimum absolute atomic E-state index is 0.122. The molecule has 1 aliphatic heterocycles. The predicted molar refractivity (Wildman–Crippen MR) is 71.6 cm³/mol. The predicted octanol–water partition coefficient (Wildman–Crippen LogP) is 1.42. The van der Waals surface area contributed by atoms with E-state index in [2.05, 4.69) is 26.2 Å². The van der Waals surface area contributed by atoms with Crippen molar-refractivity contribution in [3.8, 4) is 0 Å². The standard InChI is InChI=1S/C10H14BrN3O2S/c1-10(2-3-17(15,16)6-10)14-9-8(12)4-7(11)5-13-9/h4-5H,2-3,6,12H2,1H3,(H,13,14). The van der Waals surface area contributed by atoms with Crippen molar-refractivity contribution in [2.75, 3.05) is 22.6 Å². The van der Waals surface area contributed by atoms with Crippen LogP contribution in [0.4, 0.5) is 11.5 Å². The molecule has 1 fully saturated rings. The van der Waals surface area contributed by atoms with Gasteiger partial charge in [0.05, 0.1) is 22.7 Å². The van der Waals surface area contributed by atoms with E-state index >= 15 is 0 Å². The minimum Gasteiger partial charge on any atom is -0.396 e. The van der Waals surface area contributed by atoms with Crippen LogP contribution in [0.3, 0.4) is 0 Å². The summed E-state index contributed by atoms with van der Waals surface area (Å²) in [4.78, 5) is 4.16. The first-order valence-corrected chi connectivity index (χ1v) is 7.81. The molecule has 1 saturated heterocycles. The van der Waals surface area contributed by atoms with Gasteiger partial charge in [-0.25, -0.2) is 13.4 Å². The molecule has 0 aliphatic carbocycles. The fourth-order valence-electron chi connectivity index (χ4n) is 1.95. The Morgan fingerprint density at radius 1 is 1.59 bits per heavy atom. The SMILES string of the molecule is CC1(Nc2ncc(Br)cc2N)CCS(=O)(=O)C1. The molecule has 1 atom stereocenters. The maximum atomic E-state index is 11.5. The largest absolute Gasteiger partial charge is 0.396 e.